The van der Waals surface area contributed by atoms with E-state index in [1.54, 1.807) is 43.5 Å². The number of benzene rings is 3. The SMILES string of the molecule is COc1ccc(O)c(C2N(Cc3ccccc3O)CCN2Cc2ccccc2O)c1. The van der Waals surface area contributed by atoms with Crippen LogP contribution in [0.3, 0.4) is 0 Å². The van der Waals surface area contributed by atoms with Crippen molar-refractivity contribution >= 4 is 0 Å². The van der Waals surface area contributed by atoms with Crippen LogP contribution < -0.4 is 4.74 Å². The number of para-hydroxylation sites is 2. The lowest BCUT2D eigenvalue weighted by atomic mass is 10.1. The summed E-state index contributed by atoms with van der Waals surface area (Å²) in [5.41, 5.74) is 2.39. The summed E-state index contributed by atoms with van der Waals surface area (Å²) >= 11 is 0. The van der Waals surface area contributed by atoms with E-state index < -0.39 is 0 Å². The molecule has 0 aromatic heterocycles. The van der Waals surface area contributed by atoms with E-state index in [1.807, 2.05) is 30.3 Å². The summed E-state index contributed by atoms with van der Waals surface area (Å²) < 4.78 is 5.39. The van der Waals surface area contributed by atoms with Crippen molar-refractivity contribution in [3.63, 3.8) is 0 Å². The van der Waals surface area contributed by atoms with Gasteiger partial charge in [0, 0.05) is 42.9 Å². The molecule has 3 aromatic rings. The second-order valence-electron chi connectivity index (χ2n) is 7.50. The number of hydrogen-bond donors (Lipinski definition) is 3. The zero-order valence-corrected chi connectivity index (χ0v) is 16.9. The second-order valence-corrected chi connectivity index (χ2v) is 7.50. The Morgan fingerprint density at radius 1 is 0.767 bits per heavy atom. The molecule has 0 aliphatic carbocycles. The average molecular weight is 406 g/mol. The minimum atomic E-state index is -0.237. The number of phenols is 3. The molecule has 1 saturated heterocycles. The van der Waals surface area contributed by atoms with Crippen molar-refractivity contribution in [1.29, 1.82) is 0 Å². The van der Waals surface area contributed by atoms with Crippen LogP contribution in [-0.2, 0) is 13.1 Å². The number of hydrogen-bond acceptors (Lipinski definition) is 6. The van der Waals surface area contributed by atoms with Gasteiger partial charge < -0.3 is 20.1 Å². The Balaban J connectivity index is 1.70. The van der Waals surface area contributed by atoms with Gasteiger partial charge in [-0.25, -0.2) is 0 Å². The van der Waals surface area contributed by atoms with Crippen LogP contribution in [0.2, 0.25) is 0 Å². The minimum Gasteiger partial charge on any atom is -0.508 e. The summed E-state index contributed by atoms with van der Waals surface area (Å²) in [5.74, 6) is 1.36. The highest BCUT2D eigenvalue weighted by molar-refractivity contribution is 5.42. The Kier molecular flexibility index (Phi) is 5.79. The van der Waals surface area contributed by atoms with Gasteiger partial charge in [-0.3, -0.25) is 9.80 Å². The van der Waals surface area contributed by atoms with Crippen molar-refractivity contribution in [2.24, 2.45) is 0 Å². The maximum Gasteiger partial charge on any atom is 0.121 e. The van der Waals surface area contributed by atoms with Crippen LogP contribution in [0.25, 0.3) is 0 Å². The van der Waals surface area contributed by atoms with Crippen LogP contribution in [-0.4, -0.2) is 45.3 Å². The van der Waals surface area contributed by atoms with Gasteiger partial charge in [-0.05, 0) is 30.3 Å². The van der Waals surface area contributed by atoms with Crippen LogP contribution in [0.1, 0.15) is 22.9 Å². The predicted octanol–water partition coefficient (Wildman–Crippen LogP) is 3.83. The van der Waals surface area contributed by atoms with E-state index in [2.05, 4.69) is 9.80 Å². The van der Waals surface area contributed by atoms with Crippen molar-refractivity contribution in [3.8, 4) is 23.0 Å². The molecule has 6 nitrogen and oxygen atoms in total. The van der Waals surface area contributed by atoms with Gasteiger partial charge in [-0.1, -0.05) is 36.4 Å². The largest absolute Gasteiger partial charge is 0.508 e. The third kappa shape index (κ3) is 4.06. The van der Waals surface area contributed by atoms with Crippen molar-refractivity contribution in [3.05, 3.63) is 83.4 Å². The van der Waals surface area contributed by atoms with Gasteiger partial charge >= 0.3 is 0 Å². The summed E-state index contributed by atoms with van der Waals surface area (Å²) in [4.78, 5) is 4.42. The minimum absolute atomic E-state index is 0.187. The molecule has 6 heteroatoms. The van der Waals surface area contributed by atoms with Crippen molar-refractivity contribution in [1.82, 2.24) is 9.80 Å². The van der Waals surface area contributed by atoms with E-state index in [1.165, 1.54) is 0 Å². The van der Waals surface area contributed by atoms with Crippen LogP contribution in [0, 0.1) is 0 Å². The molecule has 0 spiro atoms. The summed E-state index contributed by atoms with van der Waals surface area (Å²) in [7, 11) is 1.60. The molecule has 0 unspecified atom stereocenters. The molecular formula is C24H26N2O4. The number of phenolic OH excluding ortho intramolecular Hbond substituents is 3. The van der Waals surface area contributed by atoms with E-state index in [0.717, 1.165) is 29.8 Å². The monoisotopic (exact) mass is 406 g/mol. The summed E-state index contributed by atoms with van der Waals surface area (Å²) in [6.07, 6.45) is -0.237. The van der Waals surface area contributed by atoms with Crippen LogP contribution in [0.4, 0.5) is 0 Å². The lowest BCUT2D eigenvalue weighted by Gasteiger charge is -2.31. The fourth-order valence-electron chi connectivity index (χ4n) is 4.05. The topological polar surface area (TPSA) is 76.4 Å². The maximum atomic E-state index is 10.7. The second kappa shape index (κ2) is 8.65. The molecule has 1 aliphatic heterocycles. The first-order chi connectivity index (χ1) is 14.6. The van der Waals surface area contributed by atoms with Gasteiger partial charge in [0.05, 0.1) is 13.3 Å². The first kappa shape index (κ1) is 20.1. The van der Waals surface area contributed by atoms with E-state index in [9.17, 15) is 15.3 Å². The molecule has 156 valence electrons. The zero-order valence-electron chi connectivity index (χ0n) is 16.9. The van der Waals surface area contributed by atoms with Gasteiger partial charge in [-0.2, -0.15) is 0 Å². The number of aromatic hydroxyl groups is 3. The fourth-order valence-corrected chi connectivity index (χ4v) is 4.05. The lowest BCUT2D eigenvalue weighted by Crippen LogP contribution is -2.30. The summed E-state index contributed by atoms with van der Waals surface area (Å²) in [6, 6.07) is 19.8. The smallest absolute Gasteiger partial charge is 0.121 e. The highest BCUT2D eigenvalue weighted by Gasteiger charge is 2.35. The van der Waals surface area contributed by atoms with Crippen molar-refractivity contribution in [2.45, 2.75) is 19.3 Å². The Labute approximate surface area is 176 Å². The predicted molar refractivity (Wildman–Crippen MR) is 114 cm³/mol. The Hall–Kier alpha value is -3.22. The highest BCUT2D eigenvalue weighted by atomic mass is 16.5. The van der Waals surface area contributed by atoms with E-state index >= 15 is 0 Å². The Bertz CT molecular complexity index is 968. The molecule has 3 N–H and O–H groups in total. The normalized spacial score (nSPS) is 15.5. The van der Waals surface area contributed by atoms with Gasteiger partial charge in [0.2, 0.25) is 0 Å². The third-order valence-corrected chi connectivity index (χ3v) is 5.61. The van der Waals surface area contributed by atoms with Crippen LogP contribution >= 0.6 is 0 Å². The molecule has 0 atom stereocenters. The zero-order chi connectivity index (χ0) is 21.1. The van der Waals surface area contributed by atoms with Crippen LogP contribution in [0.15, 0.2) is 66.7 Å². The lowest BCUT2D eigenvalue weighted by molar-refractivity contribution is 0.121. The first-order valence-electron chi connectivity index (χ1n) is 9.95. The molecule has 1 fully saturated rings. The van der Waals surface area contributed by atoms with E-state index in [4.69, 9.17) is 4.74 Å². The number of ether oxygens (including phenoxy) is 1. The molecule has 1 aliphatic rings. The van der Waals surface area contributed by atoms with Gasteiger partial charge in [0.25, 0.3) is 0 Å². The molecule has 0 bridgehead atoms. The summed E-state index contributed by atoms with van der Waals surface area (Å²) in [5, 5.41) is 31.2. The molecular weight excluding hydrogens is 380 g/mol. The Morgan fingerprint density at radius 2 is 1.30 bits per heavy atom. The number of nitrogens with zero attached hydrogens (tertiary/aromatic N) is 2. The molecule has 1 heterocycles. The fraction of sp³-hybridized carbons (Fsp3) is 0.250. The molecule has 4 rings (SSSR count). The van der Waals surface area contributed by atoms with Gasteiger partial charge in [-0.15, -0.1) is 0 Å². The number of methoxy groups -OCH3 is 1. The Morgan fingerprint density at radius 3 is 1.80 bits per heavy atom. The average Bonchev–Trinajstić information content (AvgIpc) is 3.14. The van der Waals surface area contributed by atoms with Crippen molar-refractivity contribution < 1.29 is 20.1 Å². The molecule has 0 saturated carbocycles. The molecule has 30 heavy (non-hydrogen) atoms. The molecule has 3 aromatic carbocycles. The maximum absolute atomic E-state index is 10.7. The van der Waals surface area contributed by atoms with Gasteiger partial charge in [0.1, 0.15) is 23.0 Å². The van der Waals surface area contributed by atoms with E-state index in [-0.39, 0.29) is 23.4 Å². The van der Waals surface area contributed by atoms with Crippen molar-refractivity contribution in [2.75, 3.05) is 20.2 Å². The summed E-state index contributed by atoms with van der Waals surface area (Å²) in [6.45, 7) is 2.57. The van der Waals surface area contributed by atoms with Gasteiger partial charge in [0.15, 0.2) is 0 Å². The van der Waals surface area contributed by atoms with Crippen LogP contribution in [0.5, 0.6) is 23.0 Å². The molecule has 0 radical (unpaired) electrons. The number of rotatable bonds is 6. The van der Waals surface area contributed by atoms with E-state index in [0.29, 0.717) is 18.8 Å². The quantitative estimate of drug-likeness (QED) is 0.578. The third-order valence-electron chi connectivity index (χ3n) is 5.61. The molecule has 0 amide bonds. The first-order valence-corrected chi connectivity index (χ1v) is 9.95. The standard InChI is InChI=1S/C24H26N2O4/c1-30-19-10-11-23(29)20(14-19)24-25(15-17-6-2-4-8-21(17)27)12-13-26(24)16-18-7-3-5-9-22(18)28/h2-11,14,24,27-29H,12-13,15-16H2,1H3. The highest BCUT2D eigenvalue weighted by Crippen LogP contribution is 2.39.